The Hall–Kier alpha value is -0.120. The standard InChI is InChI=1S/C10H9Cl4NO/c11-8-3-6(16-2-1-10(13)14)4-9(12)7(8)5-15/h1,3-4H,2,5,15H2/p+1. The minimum Gasteiger partial charge on any atom is -0.489 e. The van der Waals surface area contributed by atoms with Crippen molar-refractivity contribution in [2.24, 2.45) is 0 Å². The first-order chi connectivity index (χ1) is 7.54. The van der Waals surface area contributed by atoms with Gasteiger partial charge in [-0.3, -0.25) is 0 Å². The van der Waals surface area contributed by atoms with E-state index in [1.807, 2.05) is 0 Å². The highest BCUT2D eigenvalue weighted by Gasteiger charge is 2.08. The molecule has 3 N–H and O–H groups in total. The van der Waals surface area contributed by atoms with Gasteiger partial charge in [-0.2, -0.15) is 0 Å². The van der Waals surface area contributed by atoms with Gasteiger partial charge < -0.3 is 10.5 Å². The molecule has 0 aliphatic rings. The molecule has 0 bridgehead atoms. The fourth-order valence-corrected chi connectivity index (χ4v) is 1.88. The molecule has 6 heteroatoms. The van der Waals surface area contributed by atoms with E-state index in [0.717, 1.165) is 5.56 Å². The largest absolute Gasteiger partial charge is 0.489 e. The zero-order valence-corrected chi connectivity index (χ0v) is 11.3. The van der Waals surface area contributed by atoms with Gasteiger partial charge in [0.15, 0.2) is 0 Å². The van der Waals surface area contributed by atoms with Crippen molar-refractivity contribution in [3.05, 3.63) is 38.3 Å². The third-order valence-corrected chi connectivity index (χ3v) is 2.84. The molecule has 0 atom stereocenters. The summed E-state index contributed by atoms with van der Waals surface area (Å²) in [7, 11) is 0. The summed E-state index contributed by atoms with van der Waals surface area (Å²) in [5, 5.41) is 1.08. The average Bonchev–Trinajstić information content (AvgIpc) is 2.16. The Balaban J connectivity index is 2.80. The molecule has 1 rings (SSSR count). The molecule has 0 spiro atoms. The van der Waals surface area contributed by atoms with E-state index in [2.05, 4.69) is 5.73 Å². The lowest BCUT2D eigenvalue weighted by Crippen LogP contribution is -2.47. The quantitative estimate of drug-likeness (QED) is 0.909. The van der Waals surface area contributed by atoms with Crippen LogP contribution < -0.4 is 10.5 Å². The van der Waals surface area contributed by atoms with E-state index in [1.165, 1.54) is 6.08 Å². The molecule has 1 aromatic rings. The molecule has 0 radical (unpaired) electrons. The SMILES string of the molecule is [NH3+]Cc1c(Cl)cc(OCC=C(Cl)Cl)cc1Cl. The summed E-state index contributed by atoms with van der Waals surface area (Å²) in [6, 6.07) is 3.37. The van der Waals surface area contributed by atoms with Crippen LogP contribution in [0, 0.1) is 0 Å². The molecule has 16 heavy (non-hydrogen) atoms. The zero-order chi connectivity index (χ0) is 12.1. The predicted molar refractivity (Wildman–Crippen MR) is 68.3 cm³/mol. The maximum atomic E-state index is 6.00. The number of halogens is 4. The highest BCUT2D eigenvalue weighted by atomic mass is 35.5. The number of ether oxygens (including phenoxy) is 1. The van der Waals surface area contributed by atoms with Crippen LogP contribution in [0.1, 0.15) is 5.56 Å². The number of rotatable bonds is 4. The fraction of sp³-hybridized carbons (Fsp3) is 0.200. The molecule has 0 amide bonds. The highest BCUT2D eigenvalue weighted by molar-refractivity contribution is 6.55. The molecule has 0 aromatic heterocycles. The van der Waals surface area contributed by atoms with Gasteiger partial charge in [0.25, 0.3) is 0 Å². The molecule has 0 saturated heterocycles. The van der Waals surface area contributed by atoms with Crippen molar-refractivity contribution in [2.45, 2.75) is 6.54 Å². The smallest absolute Gasteiger partial charge is 0.122 e. The van der Waals surface area contributed by atoms with E-state index in [9.17, 15) is 0 Å². The Labute approximate surface area is 114 Å². The topological polar surface area (TPSA) is 36.9 Å². The molecule has 1 aromatic carbocycles. The first-order valence-electron chi connectivity index (χ1n) is 4.45. The van der Waals surface area contributed by atoms with Crippen molar-refractivity contribution in [3.63, 3.8) is 0 Å². The summed E-state index contributed by atoms with van der Waals surface area (Å²) in [6.07, 6.45) is 1.53. The van der Waals surface area contributed by atoms with Crippen LogP contribution in [-0.2, 0) is 6.54 Å². The predicted octanol–water partition coefficient (Wildman–Crippen LogP) is 3.43. The van der Waals surface area contributed by atoms with Crippen molar-refractivity contribution < 1.29 is 10.5 Å². The fourth-order valence-electron chi connectivity index (χ4n) is 1.10. The van der Waals surface area contributed by atoms with Crippen LogP contribution in [0.15, 0.2) is 22.7 Å². The molecule has 2 nitrogen and oxygen atoms in total. The molecule has 0 unspecified atom stereocenters. The average molecular weight is 302 g/mol. The summed E-state index contributed by atoms with van der Waals surface area (Å²) in [5.74, 6) is 0.568. The lowest BCUT2D eigenvalue weighted by atomic mass is 10.2. The Morgan fingerprint density at radius 3 is 2.25 bits per heavy atom. The maximum absolute atomic E-state index is 6.00. The normalized spacial score (nSPS) is 10.1. The summed E-state index contributed by atoms with van der Waals surface area (Å²) in [4.78, 5) is 0. The third-order valence-electron chi connectivity index (χ3n) is 1.85. The first-order valence-corrected chi connectivity index (χ1v) is 5.97. The number of hydrogen-bond acceptors (Lipinski definition) is 1. The van der Waals surface area contributed by atoms with E-state index >= 15 is 0 Å². The van der Waals surface area contributed by atoms with Crippen LogP contribution in [-0.4, -0.2) is 6.61 Å². The zero-order valence-electron chi connectivity index (χ0n) is 8.27. The molecule has 0 heterocycles. The Morgan fingerprint density at radius 2 is 1.81 bits per heavy atom. The third kappa shape index (κ3) is 4.04. The molecular formula is C10H10Cl4NO+. The van der Waals surface area contributed by atoms with Gasteiger partial charge in [-0.05, 0) is 18.2 Å². The summed E-state index contributed by atoms with van der Waals surface area (Å²) < 4.78 is 5.50. The highest BCUT2D eigenvalue weighted by Crippen LogP contribution is 2.29. The number of quaternary nitrogens is 1. The minimum absolute atomic E-state index is 0.159. The van der Waals surface area contributed by atoms with Gasteiger partial charge >= 0.3 is 0 Å². The molecular weight excluding hydrogens is 292 g/mol. The molecule has 0 fully saturated rings. The number of benzene rings is 1. The van der Waals surface area contributed by atoms with E-state index in [-0.39, 0.29) is 11.1 Å². The van der Waals surface area contributed by atoms with Gasteiger partial charge in [-0.1, -0.05) is 46.4 Å². The Kier molecular flexibility index (Phi) is 5.73. The van der Waals surface area contributed by atoms with Gasteiger partial charge in [-0.25, -0.2) is 0 Å². The monoisotopic (exact) mass is 300 g/mol. The maximum Gasteiger partial charge on any atom is 0.122 e. The lowest BCUT2D eigenvalue weighted by Gasteiger charge is -2.07. The van der Waals surface area contributed by atoms with Crippen LogP contribution >= 0.6 is 46.4 Å². The molecule has 0 saturated carbocycles. The van der Waals surface area contributed by atoms with Crippen molar-refractivity contribution >= 4 is 46.4 Å². The molecule has 0 aliphatic heterocycles. The summed E-state index contributed by atoms with van der Waals surface area (Å²) in [5.41, 5.74) is 4.55. The van der Waals surface area contributed by atoms with Crippen LogP contribution in [0.4, 0.5) is 0 Å². The van der Waals surface area contributed by atoms with Gasteiger partial charge in [0.05, 0.1) is 10.0 Å². The van der Waals surface area contributed by atoms with Gasteiger partial charge in [-0.15, -0.1) is 0 Å². The second-order valence-electron chi connectivity index (χ2n) is 2.92. The van der Waals surface area contributed by atoms with E-state index in [1.54, 1.807) is 12.1 Å². The molecule has 88 valence electrons. The van der Waals surface area contributed by atoms with Gasteiger partial charge in [0.1, 0.15) is 23.4 Å². The summed E-state index contributed by atoms with van der Waals surface area (Å²) in [6.45, 7) is 0.796. The Morgan fingerprint density at radius 1 is 1.25 bits per heavy atom. The van der Waals surface area contributed by atoms with E-state index < -0.39 is 0 Å². The molecule has 0 aliphatic carbocycles. The van der Waals surface area contributed by atoms with Crippen LogP contribution in [0.2, 0.25) is 10.0 Å². The first kappa shape index (κ1) is 13.9. The lowest BCUT2D eigenvalue weighted by molar-refractivity contribution is -0.386. The minimum atomic E-state index is 0.159. The van der Waals surface area contributed by atoms with Crippen LogP contribution in [0.25, 0.3) is 0 Å². The Bertz CT molecular complexity index is 379. The second kappa shape index (κ2) is 6.58. The van der Waals surface area contributed by atoms with E-state index in [4.69, 9.17) is 51.1 Å². The second-order valence-corrected chi connectivity index (χ2v) is 4.74. The van der Waals surface area contributed by atoms with Crippen molar-refractivity contribution in [3.8, 4) is 5.75 Å². The van der Waals surface area contributed by atoms with Crippen molar-refractivity contribution in [1.29, 1.82) is 0 Å². The van der Waals surface area contributed by atoms with E-state index in [0.29, 0.717) is 22.3 Å². The van der Waals surface area contributed by atoms with Crippen molar-refractivity contribution in [2.75, 3.05) is 6.61 Å². The van der Waals surface area contributed by atoms with Gasteiger partial charge in [0.2, 0.25) is 0 Å². The number of hydrogen-bond donors (Lipinski definition) is 1. The summed E-state index contributed by atoms with van der Waals surface area (Å²) >= 11 is 22.9. The van der Waals surface area contributed by atoms with Gasteiger partial charge in [0, 0.05) is 5.56 Å². The van der Waals surface area contributed by atoms with Crippen LogP contribution in [0.5, 0.6) is 5.75 Å². The van der Waals surface area contributed by atoms with Crippen LogP contribution in [0.3, 0.4) is 0 Å². The van der Waals surface area contributed by atoms with Crippen molar-refractivity contribution in [1.82, 2.24) is 0 Å².